The van der Waals surface area contributed by atoms with Gasteiger partial charge in [-0.2, -0.15) is 5.10 Å². The lowest BCUT2D eigenvalue weighted by atomic mass is 9.96. The second-order valence-electron chi connectivity index (χ2n) is 14.7. The molecule has 0 atom stereocenters. The molecule has 0 radical (unpaired) electrons. The quantitative estimate of drug-likeness (QED) is 0.153. The van der Waals surface area contributed by atoms with E-state index in [0.717, 1.165) is 44.0 Å². The number of aromatic hydroxyl groups is 2. The lowest BCUT2D eigenvalue weighted by Gasteiger charge is -2.31. The van der Waals surface area contributed by atoms with Crippen molar-refractivity contribution in [1.82, 2.24) is 29.0 Å². The SMILES string of the molecule is CC(C)c1cc(-c2n[nH]c(=O)n2-c2ccc(CC(=O)N3CCC(C(=O)OC4=COCc5cn6cc7cc8ccccc8nc7c6cc54)CC3)cc2)c(O)cc1O. The number of phenols is 2. The normalized spacial score (nSPS) is 14.6. The molecular weight excluding hydrogens is 713 g/mol. The summed E-state index contributed by atoms with van der Waals surface area (Å²) >= 11 is 0. The number of phenolic OH excluding ortho intramolecular Hbond substituents is 2. The summed E-state index contributed by atoms with van der Waals surface area (Å²) in [6.07, 6.45) is 6.63. The van der Waals surface area contributed by atoms with Crippen LogP contribution in [-0.2, 0) is 32.1 Å². The largest absolute Gasteiger partial charge is 0.508 e. The van der Waals surface area contributed by atoms with E-state index in [0.29, 0.717) is 55.1 Å². The molecule has 0 aliphatic carbocycles. The van der Waals surface area contributed by atoms with Crippen LogP contribution in [0.25, 0.3) is 50.2 Å². The summed E-state index contributed by atoms with van der Waals surface area (Å²) in [5.74, 6) is -0.523. The number of carbonyl (C=O) groups excluding carboxylic acids is 2. The number of aromatic amines is 1. The maximum atomic E-state index is 13.5. The highest BCUT2D eigenvalue weighted by atomic mass is 16.6. The van der Waals surface area contributed by atoms with Crippen LogP contribution in [0.5, 0.6) is 11.5 Å². The number of amides is 1. The minimum Gasteiger partial charge on any atom is -0.508 e. The molecule has 56 heavy (non-hydrogen) atoms. The zero-order valence-electron chi connectivity index (χ0n) is 30.7. The summed E-state index contributed by atoms with van der Waals surface area (Å²) in [6.45, 7) is 5.01. The van der Waals surface area contributed by atoms with Crippen LogP contribution >= 0.6 is 0 Å². The number of benzene rings is 3. The van der Waals surface area contributed by atoms with Gasteiger partial charge in [0.05, 0.1) is 40.1 Å². The molecule has 3 N–H and O–H groups in total. The van der Waals surface area contributed by atoms with Crippen molar-refractivity contribution in [1.29, 1.82) is 0 Å². The predicted molar refractivity (Wildman–Crippen MR) is 209 cm³/mol. The summed E-state index contributed by atoms with van der Waals surface area (Å²) in [5.41, 5.74) is 6.02. The lowest BCUT2D eigenvalue weighted by Crippen LogP contribution is -2.41. The van der Waals surface area contributed by atoms with Crippen LogP contribution in [0.1, 0.15) is 54.9 Å². The first-order chi connectivity index (χ1) is 27.1. The summed E-state index contributed by atoms with van der Waals surface area (Å²) in [5, 5.41) is 29.6. The Morgan fingerprint density at radius 3 is 2.52 bits per heavy atom. The zero-order valence-corrected chi connectivity index (χ0v) is 30.7. The van der Waals surface area contributed by atoms with Gasteiger partial charge in [0.2, 0.25) is 5.91 Å². The molecule has 1 fully saturated rings. The van der Waals surface area contributed by atoms with E-state index in [-0.39, 0.29) is 47.5 Å². The number of nitrogens with zero attached hydrogens (tertiary/aromatic N) is 5. The number of esters is 1. The fourth-order valence-corrected chi connectivity index (χ4v) is 7.75. The number of nitrogens with one attached hydrogen (secondary N) is 1. The number of carbonyl (C=O) groups is 2. The highest BCUT2D eigenvalue weighted by Crippen LogP contribution is 2.38. The van der Waals surface area contributed by atoms with Crippen LogP contribution < -0.4 is 5.69 Å². The molecule has 4 aromatic heterocycles. The van der Waals surface area contributed by atoms with E-state index in [2.05, 4.69) is 16.3 Å². The van der Waals surface area contributed by atoms with Gasteiger partial charge in [0.1, 0.15) is 24.4 Å². The van der Waals surface area contributed by atoms with Crippen molar-refractivity contribution >= 4 is 45.0 Å². The molecule has 9 rings (SSSR count). The molecule has 0 spiro atoms. The molecule has 3 aromatic carbocycles. The van der Waals surface area contributed by atoms with E-state index in [4.69, 9.17) is 14.5 Å². The molecule has 2 aliphatic heterocycles. The van der Waals surface area contributed by atoms with Crippen molar-refractivity contribution in [2.24, 2.45) is 5.92 Å². The highest BCUT2D eigenvalue weighted by Gasteiger charge is 2.31. The van der Waals surface area contributed by atoms with Gasteiger partial charge in [-0.25, -0.2) is 19.4 Å². The van der Waals surface area contributed by atoms with Gasteiger partial charge in [-0.05, 0) is 66.3 Å². The Kier molecular flexibility index (Phi) is 8.56. The molecule has 2 aliphatic rings. The van der Waals surface area contributed by atoms with Crippen molar-refractivity contribution in [3.63, 3.8) is 0 Å². The van der Waals surface area contributed by atoms with Crippen molar-refractivity contribution in [2.75, 3.05) is 13.1 Å². The molecule has 1 amide bonds. The Morgan fingerprint density at radius 2 is 1.73 bits per heavy atom. The van der Waals surface area contributed by atoms with E-state index in [9.17, 15) is 24.6 Å². The first-order valence-electron chi connectivity index (χ1n) is 18.6. The molecule has 0 unspecified atom stereocenters. The number of rotatable bonds is 7. The van der Waals surface area contributed by atoms with Gasteiger partial charge in [-0.3, -0.25) is 9.59 Å². The van der Waals surface area contributed by atoms with E-state index < -0.39 is 5.69 Å². The number of fused-ring (bicyclic) bond motifs is 5. The second-order valence-corrected chi connectivity index (χ2v) is 14.7. The average molecular weight is 751 g/mol. The number of para-hydroxylation sites is 1. The Labute approximate surface area is 320 Å². The van der Waals surface area contributed by atoms with Crippen LogP contribution in [0.4, 0.5) is 0 Å². The fourth-order valence-electron chi connectivity index (χ4n) is 7.75. The van der Waals surface area contributed by atoms with Gasteiger partial charge < -0.3 is 29.0 Å². The molecule has 6 heterocycles. The molecule has 1 saturated heterocycles. The van der Waals surface area contributed by atoms with Gasteiger partial charge in [-0.15, -0.1) is 0 Å². The van der Waals surface area contributed by atoms with Crippen LogP contribution in [0, 0.1) is 5.92 Å². The predicted octanol–water partition coefficient (Wildman–Crippen LogP) is 6.57. The summed E-state index contributed by atoms with van der Waals surface area (Å²) in [6, 6.07) is 22.0. The number of hydrogen-bond donors (Lipinski definition) is 3. The average Bonchev–Trinajstić information content (AvgIpc) is 3.75. The maximum absolute atomic E-state index is 13.5. The first-order valence-corrected chi connectivity index (χ1v) is 18.6. The molecular formula is C43H38N6O7. The number of ether oxygens (including phenoxy) is 2. The van der Waals surface area contributed by atoms with Crippen molar-refractivity contribution in [3.8, 4) is 28.6 Å². The van der Waals surface area contributed by atoms with Crippen molar-refractivity contribution < 1.29 is 29.3 Å². The van der Waals surface area contributed by atoms with Crippen LogP contribution in [-0.4, -0.2) is 64.2 Å². The number of H-pyrrole nitrogens is 1. The van der Waals surface area contributed by atoms with Gasteiger partial charge in [0.15, 0.2) is 11.6 Å². The number of pyridine rings is 2. The Morgan fingerprint density at radius 1 is 0.946 bits per heavy atom. The van der Waals surface area contributed by atoms with Crippen LogP contribution in [0.3, 0.4) is 0 Å². The second kappa shape index (κ2) is 13.8. The number of likely N-dealkylation sites (tertiary alicyclic amines) is 1. The molecule has 13 nitrogen and oxygen atoms in total. The first kappa shape index (κ1) is 34.9. The molecule has 0 bridgehead atoms. The molecule has 0 saturated carbocycles. The lowest BCUT2D eigenvalue weighted by molar-refractivity contribution is -0.145. The van der Waals surface area contributed by atoms with Crippen molar-refractivity contribution in [2.45, 2.75) is 45.6 Å². The van der Waals surface area contributed by atoms with Crippen LogP contribution in [0.15, 0.2) is 96.2 Å². The maximum Gasteiger partial charge on any atom is 0.348 e. The fraction of sp³-hybridized carbons (Fsp3) is 0.233. The number of piperidine rings is 1. The summed E-state index contributed by atoms with van der Waals surface area (Å²) < 4.78 is 15.1. The van der Waals surface area contributed by atoms with E-state index in [1.807, 2.05) is 61.0 Å². The van der Waals surface area contributed by atoms with Gasteiger partial charge in [0, 0.05) is 53.4 Å². The van der Waals surface area contributed by atoms with Gasteiger partial charge >= 0.3 is 11.7 Å². The summed E-state index contributed by atoms with van der Waals surface area (Å²) in [7, 11) is 0. The minimum atomic E-state index is -0.502. The van der Waals surface area contributed by atoms with E-state index in [1.165, 1.54) is 16.9 Å². The van der Waals surface area contributed by atoms with Gasteiger partial charge in [-0.1, -0.05) is 44.2 Å². The summed E-state index contributed by atoms with van der Waals surface area (Å²) in [4.78, 5) is 46.4. The minimum absolute atomic E-state index is 0.0313. The molecule has 7 aromatic rings. The molecule has 282 valence electrons. The number of aromatic nitrogens is 5. The van der Waals surface area contributed by atoms with Gasteiger partial charge in [0.25, 0.3) is 0 Å². The monoisotopic (exact) mass is 750 g/mol. The standard InChI is InChI=1S/C43H38N6O7/c1-24(2)31-17-33(37(51)19-36(31)50)41-45-46-43(54)49(41)30-9-7-25(8-10-30)15-39(52)47-13-11-26(12-14-47)42(53)56-38-23-55-22-29-21-48-20-28-16-27-5-3-4-6-34(27)44-40(28)35(48)18-32(29)38/h3-10,16-21,23-24,26,50-51H,11-15,22H2,1-2H3,(H,46,54). The third-order valence-corrected chi connectivity index (χ3v) is 10.8. The zero-order chi connectivity index (χ0) is 38.7. The third kappa shape index (κ3) is 6.20. The van der Waals surface area contributed by atoms with E-state index >= 15 is 0 Å². The topological polar surface area (TPSA) is 164 Å². The highest BCUT2D eigenvalue weighted by molar-refractivity contribution is 6.01. The van der Waals surface area contributed by atoms with Crippen LogP contribution in [0.2, 0.25) is 0 Å². The van der Waals surface area contributed by atoms with E-state index in [1.54, 1.807) is 35.2 Å². The number of hydrogen-bond acceptors (Lipinski definition) is 9. The smallest absolute Gasteiger partial charge is 0.348 e. The third-order valence-electron chi connectivity index (χ3n) is 10.8. The Hall–Kier alpha value is -6.89. The molecule has 13 heteroatoms. The Balaban J connectivity index is 0.845. The van der Waals surface area contributed by atoms with Crippen molar-refractivity contribution in [3.05, 3.63) is 124 Å². The Bertz CT molecular complexity index is 2790.